The molecule has 2 amide bonds. The van der Waals surface area contributed by atoms with Crippen molar-refractivity contribution in [2.45, 2.75) is 50.9 Å². The summed E-state index contributed by atoms with van der Waals surface area (Å²) < 4.78 is 16.6. The second kappa shape index (κ2) is 8.47. The van der Waals surface area contributed by atoms with Crippen LogP contribution in [0.4, 0.5) is 5.69 Å². The number of aromatic nitrogens is 2. The first-order chi connectivity index (χ1) is 17.5. The standard InChI is InChI=1S/C26H24N4O6/c1-2-34-20-10-6-4-8-18(20)23-27-21(36-28-23)15-35-25(33)26-14-13-22(31)30(26)19-9-5-3-7-17(19)24(32)29(26)16-11-12-16/h3-10,16H,2,11-15H2,1H3. The molecule has 10 nitrogen and oxygen atoms in total. The van der Waals surface area contributed by atoms with Crippen LogP contribution in [0.1, 0.15) is 48.9 Å². The maximum absolute atomic E-state index is 13.7. The van der Waals surface area contributed by atoms with Gasteiger partial charge in [-0.1, -0.05) is 29.4 Å². The third kappa shape index (κ3) is 3.35. The van der Waals surface area contributed by atoms with Crippen molar-refractivity contribution < 1.29 is 28.4 Å². The van der Waals surface area contributed by atoms with E-state index < -0.39 is 11.6 Å². The molecule has 3 aromatic rings. The Bertz CT molecular complexity index is 1370. The zero-order chi connectivity index (χ0) is 24.9. The van der Waals surface area contributed by atoms with E-state index in [1.807, 2.05) is 31.2 Å². The highest BCUT2D eigenvalue weighted by atomic mass is 16.6. The number of rotatable bonds is 7. The molecule has 1 aromatic heterocycles. The monoisotopic (exact) mass is 488 g/mol. The molecule has 1 saturated carbocycles. The van der Waals surface area contributed by atoms with Crippen LogP contribution in [0.25, 0.3) is 11.4 Å². The fourth-order valence-corrected chi connectivity index (χ4v) is 5.11. The second-order valence-electron chi connectivity index (χ2n) is 8.99. The topological polar surface area (TPSA) is 115 Å². The first-order valence-corrected chi connectivity index (χ1v) is 12.0. The summed E-state index contributed by atoms with van der Waals surface area (Å²) in [5.74, 6) is -0.145. The number of amides is 2. The van der Waals surface area contributed by atoms with E-state index in [4.69, 9.17) is 14.0 Å². The summed E-state index contributed by atoms with van der Waals surface area (Å²) in [6.07, 6.45) is 1.85. The van der Waals surface area contributed by atoms with Gasteiger partial charge in [-0.05, 0) is 44.0 Å². The van der Waals surface area contributed by atoms with Crippen molar-refractivity contribution in [1.82, 2.24) is 15.0 Å². The number of hydrogen-bond acceptors (Lipinski definition) is 8. The average molecular weight is 489 g/mol. The Morgan fingerprint density at radius 3 is 2.64 bits per heavy atom. The first kappa shape index (κ1) is 22.3. The molecule has 0 radical (unpaired) electrons. The summed E-state index contributed by atoms with van der Waals surface area (Å²) in [7, 11) is 0. The van der Waals surface area contributed by atoms with Gasteiger partial charge in [0.15, 0.2) is 6.61 Å². The molecule has 2 fully saturated rings. The SMILES string of the molecule is CCOc1ccccc1-c1noc(COC(=O)C23CCC(=O)N2c2ccccc2C(=O)N3C2CC2)n1. The van der Waals surface area contributed by atoms with Gasteiger partial charge in [0.05, 0.1) is 23.4 Å². The van der Waals surface area contributed by atoms with Crippen LogP contribution in [0.2, 0.25) is 0 Å². The molecule has 0 spiro atoms. The molecule has 1 atom stereocenters. The second-order valence-corrected chi connectivity index (χ2v) is 8.99. The van der Waals surface area contributed by atoms with E-state index in [-0.39, 0.29) is 43.2 Å². The van der Waals surface area contributed by atoms with Gasteiger partial charge in [0.1, 0.15) is 5.75 Å². The predicted molar refractivity (Wildman–Crippen MR) is 126 cm³/mol. The van der Waals surface area contributed by atoms with Gasteiger partial charge in [0, 0.05) is 18.9 Å². The maximum atomic E-state index is 13.7. The largest absolute Gasteiger partial charge is 0.493 e. The van der Waals surface area contributed by atoms with Gasteiger partial charge in [-0.2, -0.15) is 4.98 Å². The third-order valence-corrected chi connectivity index (χ3v) is 6.76. The normalized spacial score (nSPS) is 20.8. The van der Waals surface area contributed by atoms with Crippen molar-refractivity contribution in [2.75, 3.05) is 11.5 Å². The van der Waals surface area contributed by atoms with Gasteiger partial charge in [-0.3, -0.25) is 14.5 Å². The number of esters is 1. The van der Waals surface area contributed by atoms with Gasteiger partial charge in [0.2, 0.25) is 17.4 Å². The Balaban J connectivity index is 1.29. The van der Waals surface area contributed by atoms with Crippen LogP contribution < -0.4 is 9.64 Å². The van der Waals surface area contributed by atoms with Crippen molar-refractivity contribution >= 4 is 23.5 Å². The van der Waals surface area contributed by atoms with Crippen LogP contribution >= 0.6 is 0 Å². The first-order valence-electron chi connectivity index (χ1n) is 12.0. The van der Waals surface area contributed by atoms with Crippen LogP contribution in [0.15, 0.2) is 53.1 Å². The molecule has 2 aliphatic heterocycles. The zero-order valence-corrected chi connectivity index (χ0v) is 19.7. The van der Waals surface area contributed by atoms with E-state index in [0.717, 1.165) is 12.8 Å². The quantitative estimate of drug-likeness (QED) is 0.465. The minimum atomic E-state index is -1.52. The summed E-state index contributed by atoms with van der Waals surface area (Å²) >= 11 is 0. The Morgan fingerprint density at radius 2 is 1.86 bits per heavy atom. The number of fused-ring (bicyclic) bond motifs is 3. The lowest BCUT2D eigenvalue weighted by atomic mass is 9.96. The molecule has 0 N–H and O–H groups in total. The lowest BCUT2D eigenvalue weighted by molar-refractivity contribution is -0.159. The van der Waals surface area contributed by atoms with E-state index in [1.54, 1.807) is 29.2 Å². The van der Waals surface area contributed by atoms with Gasteiger partial charge in [-0.15, -0.1) is 0 Å². The van der Waals surface area contributed by atoms with E-state index in [9.17, 15) is 14.4 Å². The van der Waals surface area contributed by atoms with E-state index in [1.165, 1.54) is 4.90 Å². The van der Waals surface area contributed by atoms with E-state index >= 15 is 0 Å². The van der Waals surface area contributed by atoms with Crippen LogP contribution in [-0.4, -0.2) is 51.1 Å². The van der Waals surface area contributed by atoms with Gasteiger partial charge in [-0.25, -0.2) is 4.79 Å². The fraction of sp³-hybridized carbons (Fsp3) is 0.346. The molecular weight excluding hydrogens is 464 g/mol. The average Bonchev–Trinajstić information content (AvgIpc) is 3.50. The maximum Gasteiger partial charge on any atom is 0.354 e. The zero-order valence-electron chi connectivity index (χ0n) is 19.7. The lowest BCUT2D eigenvalue weighted by Gasteiger charge is -2.48. The summed E-state index contributed by atoms with van der Waals surface area (Å²) in [5, 5.41) is 4.01. The fourth-order valence-electron chi connectivity index (χ4n) is 5.11. The lowest BCUT2D eigenvalue weighted by Crippen LogP contribution is -2.69. The van der Waals surface area contributed by atoms with Gasteiger partial charge >= 0.3 is 5.97 Å². The molecule has 10 heteroatoms. The number of nitrogens with zero attached hydrogens (tertiary/aromatic N) is 4. The van der Waals surface area contributed by atoms with Crippen molar-refractivity contribution in [3.63, 3.8) is 0 Å². The third-order valence-electron chi connectivity index (χ3n) is 6.76. The highest BCUT2D eigenvalue weighted by molar-refractivity contribution is 6.15. The van der Waals surface area contributed by atoms with Crippen molar-refractivity contribution in [1.29, 1.82) is 0 Å². The van der Waals surface area contributed by atoms with Crippen LogP contribution in [0.5, 0.6) is 5.75 Å². The number of anilines is 1. The summed E-state index contributed by atoms with van der Waals surface area (Å²) in [6, 6.07) is 14.1. The summed E-state index contributed by atoms with van der Waals surface area (Å²) in [6.45, 7) is 2.07. The number of hydrogen-bond donors (Lipinski definition) is 0. The van der Waals surface area contributed by atoms with Gasteiger partial charge in [0.25, 0.3) is 11.8 Å². The smallest absolute Gasteiger partial charge is 0.354 e. The molecule has 1 aliphatic carbocycles. The van der Waals surface area contributed by atoms with Crippen LogP contribution in [-0.2, 0) is 20.9 Å². The highest BCUT2D eigenvalue weighted by Crippen LogP contribution is 2.49. The molecule has 1 saturated heterocycles. The van der Waals surface area contributed by atoms with Crippen molar-refractivity contribution in [3.8, 4) is 17.1 Å². The minimum Gasteiger partial charge on any atom is -0.493 e. The molecular formula is C26H24N4O6. The Morgan fingerprint density at radius 1 is 1.11 bits per heavy atom. The van der Waals surface area contributed by atoms with Crippen LogP contribution in [0, 0.1) is 0 Å². The highest BCUT2D eigenvalue weighted by Gasteiger charge is 2.64. The summed E-state index contributed by atoms with van der Waals surface area (Å²) in [5.41, 5.74) is -0.0149. The van der Waals surface area contributed by atoms with E-state index in [2.05, 4.69) is 10.1 Å². The predicted octanol–water partition coefficient (Wildman–Crippen LogP) is 3.32. The van der Waals surface area contributed by atoms with Crippen molar-refractivity contribution in [3.05, 3.63) is 60.0 Å². The molecule has 0 bridgehead atoms. The number of ether oxygens (including phenoxy) is 2. The van der Waals surface area contributed by atoms with E-state index in [0.29, 0.717) is 35.0 Å². The molecule has 36 heavy (non-hydrogen) atoms. The molecule has 6 rings (SSSR count). The minimum absolute atomic E-state index is 0.0948. The Labute approximate surface area is 206 Å². The number of carbonyl (C=O) groups is 3. The molecule has 3 heterocycles. The number of benzene rings is 2. The number of para-hydroxylation sites is 2. The number of carbonyl (C=O) groups excluding carboxylic acids is 3. The van der Waals surface area contributed by atoms with Crippen molar-refractivity contribution in [2.24, 2.45) is 0 Å². The molecule has 184 valence electrons. The van der Waals surface area contributed by atoms with Gasteiger partial charge < -0.3 is 18.9 Å². The molecule has 3 aliphatic rings. The summed E-state index contributed by atoms with van der Waals surface area (Å²) in [4.78, 5) is 47.6. The Hall–Kier alpha value is -4.21. The molecule has 1 unspecified atom stereocenters. The molecule has 2 aromatic carbocycles. The Kier molecular flexibility index (Phi) is 5.24. The van der Waals surface area contributed by atoms with Crippen LogP contribution in [0.3, 0.4) is 0 Å².